The van der Waals surface area contributed by atoms with Gasteiger partial charge in [-0.2, -0.15) is 4.37 Å². The van der Waals surface area contributed by atoms with Crippen LogP contribution in [0.2, 0.25) is 0 Å². The first-order valence-corrected chi connectivity index (χ1v) is 7.85. The molecule has 0 amide bonds. The molecule has 1 saturated heterocycles. The van der Waals surface area contributed by atoms with Gasteiger partial charge in [-0.15, -0.1) is 0 Å². The Labute approximate surface area is 124 Å². The molecule has 0 aliphatic carbocycles. The molecule has 0 spiro atoms. The Morgan fingerprint density at radius 2 is 2.15 bits per heavy atom. The third-order valence-corrected chi connectivity index (χ3v) is 4.48. The van der Waals surface area contributed by atoms with Crippen molar-refractivity contribution in [3.05, 3.63) is 41.2 Å². The molecule has 1 aromatic heterocycles. The van der Waals surface area contributed by atoms with E-state index in [1.165, 1.54) is 22.7 Å². The summed E-state index contributed by atoms with van der Waals surface area (Å²) in [6.07, 6.45) is 0.817. The van der Waals surface area contributed by atoms with E-state index in [4.69, 9.17) is 4.98 Å². The lowest BCUT2D eigenvalue weighted by atomic mass is 10.1. The van der Waals surface area contributed by atoms with Crippen LogP contribution in [0.15, 0.2) is 24.3 Å². The van der Waals surface area contributed by atoms with Crippen LogP contribution in [-0.4, -0.2) is 35.0 Å². The number of aryl methyl sites for hydroxylation is 1. The van der Waals surface area contributed by atoms with Crippen LogP contribution < -0.4 is 10.2 Å². The lowest BCUT2D eigenvalue weighted by molar-refractivity contribution is 0.500. The molecule has 0 radical (unpaired) electrons. The maximum absolute atomic E-state index is 4.71. The van der Waals surface area contributed by atoms with Gasteiger partial charge in [-0.05, 0) is 19.4 Å². The summed E-state index contributed by atoms with van der Waals surface area (Å²) in [5, 5.41) is 4.46. The van der Waals surface area contributed by atoms with Crippen molar-refractivity contribution in [3.8, 4) is 0 Å². The van der Waals surface area contributed by atoms with E-state index in [0.29, 0.717) is 6.04 Å². The van der Waals surface area contributed by atoms with Crippen LogP contribution in [0.1, 0.15) is 23.9 Å². The highest BCUT2D eigenvalue weighted by molar-refractivity contribution is 7.09. The molecule has 0 saturated carbocycles. The second-order valence-corrected chi connectivity index (χ2v) is 6.13. The lowest BCUT2D eigenvalue weighted by Gasteiger charge is -2.33. The molecule has 1 aromatic carbocycles. The molecular formula is C15H20N4S. The maximum Gasteiger partial charge on any atom is 0.205 e. The third kappa shape index (κ3) is 2.99. The Morgan fingerprint density at radius 3 is 2.90 bits per heavy atom. The first-order valence-electron chi connectivity index (χ1n) is 7.08. The smallest absolute Gasteiger partial charge is 0.205 e. The second kappa shape index (κ2) is 5.89. The molecule has 1 aliphatic rings. The fourth-order valence-corrected chi connectivity index (χ4v) is 3.26. The van der Waals surface area contributed by atoms with Crippen molar-refractivity contribution in [2.75, 3.05) is 24.5 Å². The molecule has 2 heterocycles. The summed E-state index contributed by atoms with van der Waals surface area (Å²) >= 11 is 1.52. The average molecular weight is 288 g/mol. The van der Waals surface area contributed by atoms with Crippen molar-refractivity contribution in [1.29, 1.82) is 0 Å². The predicted molar refractivity (Wildman–Crippen MR) is 83.6 cm³/mol. The normalized spacial score (nSPS) is 19.3. The minimum absolute atomic E-state index is 0.490. The SMILES string of the molecule is Cc1ccc(Cc2nsc(N3CCNCC3C)n2)cc1. The van der Waals surface area contributed by atoms with Crippen molar-refractivity contribution in [3.63, 3.8) is 0 Å². The molecule has 2 aromatic rings. The number of piperazine rings is 1. The predicted octanol–water partition coefficient (Wildman–Crippen LogP) is 2.24. The first-order chi connectivity index (χ1) is 9.72. The zero-order valence-corrected chi connectivity index (χ0v) is 12.8. The summed E-state index contributed by atoms with van der Waals surface area (Å²) in [6, 6.07) is 9.08. The summed E-state index contributed by atoms with van der Waals surface area (Å²) in [4.78, 5) is 7.06. The van der Waals surface area contributed by atoms with E-state index in [1.807, 2.05) is 0 Å². The van der Waals surface area contributed by atoms with E-state index < -0.39 is 0 Å². The molecule has 1 N–H and O–H groups in total. The molecule has 4 nitrogen and oxygen atoms in total. The van der Waals surface area contributed by atoms with E-state index in [2.05, 4.69) is 52.7 Å². The molecule has 1 aliphatic heterocycles. The molecule has 1 unspecified atom stereocenters. The third-order valence-electron chi connectivity index (χ3n) is 3.69. The van der Waals surface area contributed by atoms with Crippen molar-refractivity contribution < 1.29 is 0 Å². The van der Waals surface area contributed by atoms with Crippen LogP contribution in [0.25, 0.3) is 0 Å². The van der Waals surface area contributed by atoms with E-state index in [9.17, 15) is 0 Å². The summed E-state index contributed by atoms with van der Waals surface area (Å²) in [5.74, 6) is 0.930. The van der Waals surface area contributed by atoms with Crippen LogP contribution in [-0.2, 0) is 6.42 Å². The van der Waals surface area contributed by atoms with Crippen LogP contribution >= 0.6 is 11.5 Å². The molecule has 0 bridgehead atoms. The zero-order valence-electron chi connectivity index (χ0n) is 12.0. The van der Waals surface area contributed by atoms with Crippen molar-refractivity contribution in [2.24, 2.45) is 0 Å². The van der Waals surface area contributed by atoms with E-state index in [-0.39, 0.29) is 0 Å². The number of nitrogens with zero attached hydrogens (tertiary/aromatic N) is 3. The minimum atomic E-state index is 0.490. The van der Waals surface area contributed by atoms with Gasteiger partial charge in [0.25, 0.3) is 0 Å². The molecule has 1 atom stereocenters. The Hall–Kier alpha value is -1.46. The number of aromatic nitrogens is 2. The standard InChI is InChI=1S/C15H20N4S/c1-11-3-5-13(6-4-11)9-14-17-15(20-18-14)19-8-7-16-10-12(19)2/h3-6,12,16H,7-10H2,1-2H3. The van der Waals surface area contributed by atoms with Gasteiger partial charge in [0, 0.05) is 43.6 Å². The van der Waals surface area contributed by atoms with Gasteiger partial charge in [-0.3, -0.25) is 0 Å². The van der Waals surface area contributed by atoms with Crippen LogP contribution in [0.5, 0.6) is 0 Å². The minimum Gasteiger partial charge on any atom is -0.342 e. The van der Waals surface area contributed by atoms with Gasteiger partial charge in [0.15, 0.2) is 0 Å². The van der Waals surface area contributed by atoms with Gasteiger partial charge in [-0.1, -0.05) is 29.8 Å². The van der Waals surface area contributed by atoms with Crippen molar-refractivity contribution in [1.82, 2.24) is 14.7 Å². The Morgan fingerprint density at radius 1 is 1.35 bits per heavy atom. The molecule has 106 valence electrons. The summed E-state index contributed by atoms with van der Waals surface area (Å²) in [7, 11) is 0. The average Bonchev–Trinajstić information content (AvgIpc) is 2.90. The topological polar surface area (TPSA) is 41.1 Å². The number of anilines is 1. The van der Waals surface area contributed by atoms with Crippen LogP contribution in [0.4, 0.5) is 5.13 Å². The van der Waals surface area contributed by atoms with Gasteiger partial charge in [0.05, 0.1) is 0 Å². The fraction of sp³-hybridized carbons (Fsp3) is 0.467. The maximum atomic E-state index is 4.71. The quantitative estimate of drug-likeness (QED) is 0.940. The molecule has 5 heteroatoms. The monoisotopic (exact) mass is 288 g/mol. The summed E-state index contributed by atoms with van der Waals surface area (Å²) < 4.78 is 4.51. The summed E-state index contributed by atoms with van der Waals surface area (Å²) in [6.45, 7) is 7.40. The van der Waals surface area contributed by atoms with E-state index in [0.717, 1.165) is 37.0 Å². The number of benzene rings is 1. The highest BCUT2D eigenvalue weighted by Crippen LogP contribution is 2.21. The number of rotatable bonds is 3. The zero-order chi connectivity index (χ0) is 13.9. The highest BCUT2D eigenvalue weighted by Gasteiger charge is 2.21. The van der Waals surface area contributed by atoms with E-state index >= 15 is 0 Å². The van der Waals surface area contributed by atoms with Gasteiger partial charge in [-0.25, -0.2) is 4.98 Å². The summed E-state index contributed by atoms with van der Waals surface area (Å²) in [5.41, 5.74) is 2.56. The molecular weight excluding hydrogens is 268 g/mol. The highest BCUT2D eigenvalue weighted by atomic mass is 32.1. The molecule has 20 heavy (non-hydrogen) atoms. The Balaban J connectivity index is 1.71. The van der Waals surface area contributed by atoms with Gasteiger partial charge < -0.3 is 10.2 Å². The Kier molecular flexibility index (Phi) is 3.98. The number of hydrogen-bond donors (Lipinski definition) is 1. The van der Waals surface area contributed by atoms with Crippen LogP contribution in [0.3, 0.4) is 0 Å². The van der Waals surface area contributed by atoms with Gasteiger partial charge in [0.2, 0.25) is 5.13 Å². The van der Waals surface area contributed by atoms with Crippen LogP contribution in [0, 0.1) is 6.92 Å². The second-order valence-electron chi connectivity index (χ2n) is 5.40. The van der Waals surface area contributed by atoms with Crippen molar-refractivity contribution in [2.45, 2.75) is 26.3 Å². The van der Waals surface area contributed by atoms with Gasteiger partial charge >= 0.3 is 0 Å². The Bertz CT molecular complexity index is 564. The largest absolute Gasteiger partial charge is 0.342 e. The number of nitrogens with one attached hydrogen (secondary N) is 1. The van der Waals surface area contributed by atoms with Crippen molar-refractivity contribution >= 4 is 16.7 Å². The van der Waals surface area contributed by atoms with E-state index in [1.54, 1.807) is 0 Å². The number of hydrogen-bond acceptors (Lipinski definition) is 5. The molecule has 3 rings (SSSR count). The molecule has 1 fully saturated rings. The fourth-order valence-electron chi connectivity index (χ4n) is 2.45. The first kappa shape index (κ1) is 13.5. The van der Waals surface area contributed by atoms with Gasteiger partial charge in [0.1, 0.15) is 5.82 Å². The lowest BCUT2D eigenvalue weighted by Crippen LogP contribution is -2.49.